The molecule has 3 aromatic carbocycles. The number of amides is 1. The van der Waals surface area contributed by atoms with Gasteiger partial charge in [0.05, 0.1) is 15.6 Å². The second kappa shape index (κ2) is 11.7. The summed E-state index contributed by atoms with van der Waals surface area (Å²) < 4.78 is 41.2. The first-order valence-corrected chi connectivity index (χ1v) is 13.2. The Morgan fingerprint density at radius 3 is 2.39 bits per heavy atom. The minimum atomic E-state index is -4.06. The van der Waals surface area contributed by atoms with Crippen LogP contribution in [-0.4, -0.2) is 33.2 Å². The zero-order chi connectivity index (χ0) is 23.8. The van der Waals surface area contributed by atoms with Crippen LogP contribution in [0.25, 0.3) is 0 Å². The molecule has 1 amide bonds. The van der Waals surface area contributed by atoms with Crippen molar-refractivity contribution >= 4 is 56.6 Å². The number of hydrogen-bond donors (Lipinski definition) is 1. The highest BCUT2D eigenvalue weighted by Gasteiger charge is 2.28. The summed E-state index contributed by atoms with van der Waals surface area (Å²) in [5, 5.41) is 3.16. The lowest BCUT2D eigenvalue weighted by atomic mass is 10.2. The molecule has 0 aliphatic heterocycles. The molecule has 3 aromatic rings. The van der Waals surface area contributed by atoms with Crippen molar-refractivity contribution in [2.24, 2.45) is 0 Å². The van der Waals surface area contributed by atoms with Crippen LogP contribution in [0.1, 0.15) is 5.56 Å². The third kappa shape index (κ3) is 6.86. The number of rotatable bonds is 10. The zero-order valence-corrected chi connectivity index (χ0v) is 20.5. The molecule has 0 aromatic heterocycles. The van der Waals surface area contributed by atoms with Crippen LogP contribution in [0.4, 0.5) is 10.1 Å². The van der Waals surface area contributed by atoms with Crippen molar-refractivity contribution in [1.82, 2.24) is 5.32 Å². The van der Waals surface area contributed by atoms with Crippen LogP contribution in [0.3, 0.4) is 0 Å². The van der Waals surface area contributed by atoms with Crippen LogP contribution in [0.2, 0.25) is 10.0 Å². The average Bonchev–Trinajstić information content (AvgIpc) is 2.79. The number of carbonyl (C=O) groups is 1. The topological polar surface area (TPSA) is 66.5 Å². The maximum Gasteiger partial charge on any atom is 0.264 e. The van der Waals surface area contributed by atoms with Gasteiger partial charge in [0.2, 0.25) is 5.91 Å². The Morgan fingerprint density at radius 2 is 1.70 bits per heavy atom. The fourth-order valence-electron chi connectivity index (χ4n) is 2.95. The monoisotopic (exact) mass is 526 g/mol. The summed E-state index contributed by atoms with van der Waals surface area (Å²) in [4.78, 5) is 12.6. The van der Waals surface area contributed by atoms with Crippen molar-refractivity contribution in [3.63, 3.8) is 0 Å². The van der Waals surface area contributed by atoms with E-state index in [1.54, 1.807) is 36.4 Å². The highest BCUT2D eigenvalue weighted by Crippen LogP contribution is 2.32. The van der Waals surface area contributed by atoms with E-state index in [1.807, 2.05) is 0 Å². The molecule has 5 nitrogen and oxygen atoms in total. The number of hydrogen-bond acceptors (Lipinski definition) is 4. The molecule has 0 saturated carbocycles. The molecular formula is C23H21Cl2FN2O3S2. The third-order valence-electron chi connectivity index (χ3n) is 4.58. The van der Waals surface area contributed by atoms with Gasteiger partial charge in [0.15, 0.2) is 0 Å². The summed E-state index contributed by atoms with van der Waals surface area (Å²) in [5.74, 6) is 0.243. The van der Waals surface area contributed by atoms with E-state index in [9.17, 15) is 17.6 Å². The number of halogens is 3. The maximum absolute atomic E-state index is 13.7. The summed E-state index contributed by atoms with van der Waals surface area (Å²) in [6, 6.07) is 18.7. The molecular weight excluding hydrogens is 506 g/mol. The molecule has 33 heavy (non-hydrogen) atoms. The van der Waals surface area contributed by atoms with Crippen LogP contribution < -0.4 is 9.62 Å². The predicted octanol–water partition coefficient (Wildman–Crippen LogP) is 5.38. The van der Waals surface area contributed by atoms with Gasteiger partial charge in [-0.2, -0.15) is 11.8 Å². The lowest BCUT2D eigenvalue weighted by Gasteiger charge is -2.25. The molecule has 1 N–H and O–H groups in total. The van der Waals surface area contributed by atoms with Crippen LogP contribution in [0.15, 0.2) is 77.7 Å². The first-order chi connectivity index (χ1) is 15.8. The molecule has 0 bridgehead atoms. The zero-order valence-electron chi connectivity index (χ0n) is 17.4. The molecule has 10 heteroatoms. The minimum absolute atomic E-state index is 0.0317. The lowest BCUT2D eigenvalue weighted by Crippen LogP contribution is -2.41. The van der Waals surface area contributed by atoms with E-state index in [4.69, 9.17) is 23.2 Å². The van der Waals surface area contributed by atoms with Crippen molar-refractivity contribution in [3.05, 3.63) is 94.2 Å². The van der Waals surface area contributed by atoms with Gasteiger partial charge in [-0.05, 0) is 42.0 Å². The average molecular weight is 527 g/mol. The van der Waals surface area contributed by atoms with Gasteiger partial charge in [-0.3, -0.25) is 9.10 Å². The van der Waals surface area contributed by atoms with Gasteiger partial charge >= 0.3 is 0 Å². The van der Waals surface area contributed by atoms with Crippen molar-refractivity contribution in [2.75, 3.05) is 23.1 Å². The van der Waals surface area contributed by atoms with Crippen molar-refractivity contribution in [1.29, 1.82) is 0 Å². The first-order valence-electron chi connectivity index (χ1n) is 9.90. The molecule has 0 aliphatic rings. The van der Waals surface area contributed by atoms with Gasteiger partial charge in [0.1, 0.15) is 12.4 Å². The fraction of sp³-hybridized carbons (Fsp3) is 0.174. The number of benzene rings is 3. The van der Waals surface area contributed by atoms with Crippen LogP contribution in [0, 0.1) is 5.82 Å². The molecule has 0 fully saturated rings. The van der Waals surface area contributed by atoms with Crippen molar-refractivity contribution < 1.29 is 17.6 Å². The SMILES string of the molecule is O=C(CN(c1ccc(Cl)cc1Cl)S(=O)(=O)c1ccccc1)NCCSCc1ccccc1F. The predicted molar refractivity (Wildman–Crippen MR) is 133 cm³/mol. The largest absolute Gasteiger partial charge is 0.354 e. The summed E-state index contributed by atoms with van der Waals surface area (Å²) in [7, 11) is -4.06. The van der Waals surface area contributed by atoms with Gasteiger partial charge in [-0.1, -0.05) is 59.6 Å². The molecule has 0 radical (unpaired) electrons. The van der Waals surface area contributed by atoms with Gasteiger partial charge in [-0.25, -0.2) is 12.8 Å². The second-order valence-electron chi connectivity index (χ2n) is 6.91. The Bertz CT molecular complexity index is 1210. The van der Waals surface area contributed by atoms with Crippen LogP contribution >= 0.6 is 35.0 Å². The van der Waals surface area contributed by atoms with Crippen LogP contribution in [-0.2, 0) is 20.6 Å². The van der Waals surface area contributed by atoms with E-state index < -0.39 is 22.5 Å². The molecule has 0 aliphatic carbocycles. The van der Waals surface area contributed by atoms with Crippen LogP contribution in [0.5, 0.6) is 0 Å². The Hall–Kier alpha value is -2.26. The number of thioether (sulfide) groups is 1. The molecule has 174 valence electrons. The highest BCUT2D eigenvalue weighted by molar-refractivity contribution is 7.98. The van der Waals surface area contributed by atoms with E-state index in [1.165, 1.54) is 48.2 Å². The number of nitrogens with one attached hydrogen (secondary N) is 1. The van der Waals surface area contributed by atoms with E-state index in [0.717, 1.165) is 4.31 Å². The number of nitrogens with zero attached hydrogens (tertiary/aromatic N) is 1. The normalized spacial score (nSPS) is 11.2. The Labute approximate surface area is 206 Å². The van der Waals surface area contributed by atoms with Crippen molar-refractivity contribution in [2.45, 2.75) is 10.6 Å². The standard InChI is InChI=1S/C23H21Cl2FN2O3S2/c24-18-10-11-22(20(25)14-18)28(33(30,31)19-7-2-1-3-8-19)15-23(29)27-12-13-32-16-17-6-4-5-9-21(17)26/h1-11,14H,12-13,15-16H2,(H,27,29). The van der Waals surface area contributed by atoms with Gasteiger partial charge in [0.25, 0.3) is 10.0 Å². The molecule has 0 atom stereocenters. The molecule has 0 heterocycles. The quantitative estimate of drug-likeness (QED) is 0.360. The van der Waals surface area contributed by atoms with Gasteiger partial charge in [0, 0.05) is 23.1 Å². The number of carbonyl (C=O) groups excluding carboxylic acids is 1. The molecule has 0 saturated heterocycles. The Morgan fingerprint density at radius 1 is 1.00 bits per heavy atom. The van der Waals surface area contributed by atoms with Crippen molar-refractivity contribution in [3.8, 4) is 0 Å². The summed E-state index contributed by atoms with van der Waals surface area (Å²) in [6.07, 6.45) is 0. The summed E-state index contributed by atoms with van der Waals surface area (Å²) in [6.45, 7) is -0.165. The minimum Gasteiger partial charge on any atom is -0.354 e. The third-order valence-corrected chi connectivity index (χ3v) is 7.90. The fourth-order valence-corrected chi connectivity index (χ4v) is 5.82. The van der Waals surface area contributed by atoms with Gasteiger partial charge in [-0.15, -0.1) is 0 Å². The highest BCUT2D eigenvalue weighted by atomic mass is 35.5. The van der Waals surface area contributed by atoms with Gasteiger partial charge < -0.3 is 5.32 Å². The summed E-state index contributed by atoms with van der Waals surface area (Å²) >= 11 is 13.7. The first kappa shape index (κ1) is 25.4. The van der Waals surface area contributed by atoms with E-state index in [2.05, 4.69) is 5.32 Å². The van der Waals surface area contributed by atoms with E-state index in [-0.39, 0.29) is 21.4 Å². The summed E-state index contributed by atoms with van der Waals surface area (Å²) in [5.41, 5.74) is 0.736. The second-order valence-corrected chi connectivity index (χ2v) is 10.7. The Kier molecular flexibility index (Phi) is 9.02. The molecule has 3 rings (SSSR count). The Balaban J connectivity index is 1.67. The number of sulfonamides is 1. The molecule has 0 spiro atoms. The lowest BCUT2D eigenvalue weighted by molar-refractivity contribution is -0.119. The smallest absolute Gasteiger partial charge is 0.264 e. The molecule has 0 unspecified atom stereocenters. The van der Waals surface area contributed by atoms with E-state index >= 15 is 0 Å². The number of anilines is 1. The van der Waals surface area contributed by atoms with E-state index in [0.29, 0.717) is 28.6 Å². The maximum atomic E-state index is 13.7.